The number of carbonyl (C=O) groups excluding carboxylic acids is 1. The van der Waals surface area contributed by atoms with Crippen molar-refractivity contribution in [3.8, 4) is 11.1 Å². The van der Waals surface area contributed by atoms with E-state index in [1.165, 1.54) is 12.4 Å². The Morgan fingerprint density at radius 1 is 1.14 bits per heavy atom. The van der Waals surface area contributed by atoms with E-state index in [2.05, 4.69) is 24.8 Å². The van der Waals surface area contributed by atoms with E-state index in [4.69, 9.17) is 4.74 Å². The Morgan fingerprint density at radius 2 is 1.86 bits per heavy atom. The Morgan fingerprint density at radius 3 is 2.51 bits per heavy atom. The summed E-state index contributed by atoms with van der Waals surface area (Å²) in [5.74, 6) is -0.408. The molecule has 8 nitrogen and oxygen atoms in total. The molecule has 5 rings (SSSR count). The summed E-state index contributed by atoms with van der Waals surface area (Å²) >= 11 is 0. The van der Waals surface area contributed by atoms with Crippen LogP contribution in [-0.4, -0.2) is 82.8 Å². The topological polar surface area (TPSA) is 74.7 Å². The number of halogens is 3. The third kappa shape index (κ3) is 4.78. The van der Waals surface area contributed by atoms with Crippen molar-refractivity contribution in [3.63, 3.8) is 0 Å². The van der Waals surface area contributed by atoms with Gasteiger partial charge in [-0.15, -0.1) is 0 Å². The highest BCUT2D eigenvalue weighted by atomic mass is 19.4. The Hall–Kier alpha value is -2.95. The molecule has 11 heteroatoms. The first-order valence-corrected chi connectivity index (χ1v) is 12.0. The molecule has 1 saturated carbocycles. The van der Waals surface area contributed by atoms with E-state index in [0.29, 0.717) is 18.2 Å². The third-order valence-electron chi connectivity index (χ3n) is 7.39. The van der Waals surface area contributed by atoms with Crippen molar-refractivity contribution in [3.05, 3.63) is 36.5 Å². The van der Waals surface area contributed by atoms with Crippen molar-refractivity contribution in [2.75, 3.05) is 50.8 Å². The summed E-state index contributed by atoms with van der Waals surface area (Å²) in [6.45, 7) is 7.14. The van der Waals surface area contributed by atoms with Crippen LogP contribution in [0.25, 0.3) is 11.1 Å². The lowest BCUT2D eigenvalue weighted by atomic mass is 9.78. The molecule has 4 heterocycles. The maximum absolute atomic E-state index is 12.8. The lowest BCUT2D eigenvalue weighted by molar-refractivity contribution is -0.144. The molecule has 0 N–H and O–H groups in total. The predicted octanol–water partition coefficient (Wildman–Crippen LogP) is 3.69. The lowest BCUT2D eigenvalue weighted by Gasteiger charge is -2.48. The Labute approximate surface area is 202 Å². The molecule has 3 fully saturated rings. The van der Waals surface area contributed by atoms with Gasteiger partial charge in [0, 0.05) is 80.4 Å². The first-order valence-electron chi connectivity index (χ1n) is 12.0. The first kappa shape index (κ1) is 23.8. The number of alkyl halides is 3. The molecule has 1 amide bonds. The molecular weight excluding hydrogens is 461 g/mol. The third-order valence-corrected chi connectivity index (χ3v) is 7.39. The predicted molar refractivity (Wildman–Crippen MR) is 123 cm³/mol. The molecule has 0 bridgehead atoms. The fraction of sp³-hybridized carbons (Fsp3) is 0.583. The summed E-state index contributed by atoms with van der Waals surface area (Å²) in [5.41, 5.74) is 1.46. The number of rotatable bonds is 4. The molecule has 2 aromatic heterocycles. The maximum Gasteiger partial charge on any atom is 0.451 e. The van der Waals surface area contributed by atoms with E-state index in [9.17, 15) is 18.0 Å². The highest BCUT2D eigenvalue weighted by Gasteiger charge is 2.51. The molecule has 1 atom stereocenters. The molecule has 3 aliphatic rings. The normalized spacial score (nSPS) is 22.3. The van der Waals surface area contributed by atoms with Crippen molar-refractivity contribution < 1.29 is 22.7 Å². The van der Waals surface area contributed by atoms with E-state index < -0.39 is 12.0 Å². The maximum atomic E-state index is 12.8. The number of amides is 1. The summed E-state index contributed by atoms with van der Waals surface area (Å²) in [5, 5.41) is 0. The monoisotopic (exact) mass is 490 g/mol. The van der Waals surface area contributed by atoms with Crippen LogP contribution in [0.5, 0.6) is 0 Å². The van der Waals surface area contributed by atoms with Gasteiger partial charge in [-0.3, -0.25) is 4.90 Å². The molecule has 1 spiro atoms. The van der Waals surface area contributed by atoms with Gasteiger partial charge in [0.05, 0.1) is 6.61 Å². The number of piperazine rings is 1. The number of ether oxygens (including phenoxy) is 1. The van der Waals surface area contributed by atoms with Crippen LogP contribution >= 0.6 is 0 Å². The molecule has 188 valence electrons. The van der Waals surface area contributed by atoms with Crippen molar-refractivity contribution in [1.29, 1.82) is 0 Å². The second kappa shape index (κ2) is 9.25. The van der Waals surface area contributed by atoms with Gasteiger partial charge >= 0.3 is 12.3 Å². The van der Waals surface area contributed by atoms with Crippen LogP contribution in [0.4, 0.5) is 23.8 Å². The zero-order chi connectivity index (χ0) is 24.6. The molecule has 0 unspecified atom stereocenters. The zero-order valence-corrected chi connectivity index (χ0v) is 19.7. The van der Waals surface area contributed by atoms with Gasteiger partial charge in [0.15, 0.2) is 0 Å². The second-order valence-corrected chi connectivity index (χ2v) is 9.64. The van der Waals surface area contributed by atoms with Crippen LogP contribution in [0.2, 0.25) is 0 Å². The van der Waals surface area contributed by atoms with Gasteiger partial charge < -0.3 is 14.5 Å². The highest BCUT2D eigenvalue weighted by molar-refractivity contribution is 5.75. The first-order chi connectivity index (χ1) is 16.8. The van der Waals surface area contributed by atoms with E-state index in [1.807, 2.05) is 13.0 Å². The number of likely N-dealkylation sites (tertiary alicyclic amines) is 1. The molecule has 0 aromatic carbocycles. The molecule has 35 heavy (non-hydrogen) atoms. The van der Waals surface area contributed by atoms with Gasteiger partial charge in [-0.1, -0.05) is 0 Å². The summed E-state index contributed by atoms with van der Waals surface area (Å²) < 4.78 is 43.6. The van der Waals surface area contributed by atoms with Crippen molar-refractivity contribution >= 4 is 11.9 Å². The molecule has 2 aliphatic heterocycles. The Balaban J connectivity index is 1.19. The zero-order valence-electron chi connectivity index (χ0n) is 19.7. The lowest BCUT2D eigenvalue weighted by Crippen LogP contribution is -2.58. The standard InChI is InChI=1S/C24H29F3N6O2/c1-2-35-22(34)33-15-23(16-33)6-5-18(12-23)31-8-10-32(11-9-31)20-19(4-3-7-28-20)17-13-29-21(30-14-17)24(25,26)27/h3-4,7,13-14,18H,2,5-6,8-12,15-16H2,1H3/t18-/m1/s1. The van der Waals surface area contributed by atoms with Crippen LogP contribution in [0.15, 0.2) is 30.7 Å². The molecular formula is C24H29F3N6O2. The minimum Gasteiger partial charge on any atom is -0.450 e. The molecule has 2 saturated heterocycles. The van der Waals surface area contributed by atoms with Gasteiger partial charge in [0.2, 0.25) is 5.82 Å². The van der Waals surface area contributed by atoms with Crippen LogP contribution in [0, 0.1) is 5.41 Å². The summed E-state index contributed by atoms with van der Waals surface area (Å²) in [6, 6.07) is 4.11. The molecule has 0 radical (unpaired) electrons. The van der Waals surface area contributed by atoms with Crippen LogP contribution in [0.3, 0.4) is 0 Å². The van der Waals surface area contributed by atoms with Crippen molar-refractivity contribution in [1.82, 2.24) is 24.8 Å². The number of hydrogen-bond acceptors (Lipinski definition) is 7. The Kier molecular flexibility index (Phi) is 6.29. The minimum absolute atomic E-state index is 0.209. The fourth-order valence-electron chi connectivity index (χ4n) is 5.67. The van der Waals surface area contributed by atoms with Crippen molar-refractivity contribution in [2.24, 2.45) is 5.41 Å². The second-order valence-electron chi connectivity index (χ2n) is 9.64. The summed E-state index contributed by atoms with van der Waals surface area (Å²) in [4.78, 5) is 30.0. The summed E-state index contributed by atoms with van der Waals surface area (Å²) in [7, 11) is 0. The van der Waals surface area contributed by atoms with Gasteiger partial charge in [0.1, 0.15) is 5.82 Å². The van der Waals surface area contributed by atoms with Crippen LogP contribution in [-0.2, 0) is 10.9 Å². The average molecular weight is 491 g/mol. The smallest absolute Gasteiger partial charge is 0.450 e. The highest BCUT2D eigenvalue weighted by Crippen LogP contribution is 2.47. The number of pyridine rings is 1. The van der Waals surface area contributed by atoms with Crippen LogP contribution in [0.1, 0.15) is 32.0 Å². The molecule has 1 aliphatic carbocycles. The molecule has 2 aromatic rings. The number of hydrogen-bond donors (Lipinski definition) is 0. The quantitative estimate of drug-likeness (QED) is 0.647. The van der Waals surface area contributed by atoms with Gasteiger partial charge in [-0.05, 0) is 38.3 Å². The van der Waals surface area contributed by atoms with E-state index >= 15 is 0 Å². The SMILES string of the molecule is CCOC(=O)N1CC2(CC[C@@H](N3CCN(c4ncccc4-c4cnc(C(F)(F)F)nc4)CC3)C2)C1. The van der Waals surface area contributed by atoms with Gasteiger partial charge in [-0.25, -0.2) is 19.7 Å². The minimum atomic E-state index is -4.57. The number of nitrogens with zero attached hydrogens (tertiary/aromatic N) is 6. The van der Waals surface area contributed by atoms with E-state index in [-0.39, 0.29) is 11.5 Å². The Bertz CT molecular complexity index is 1050. The van der Waals surface area contributed by atoms with Crippen LogP contribution < -0.4 is 4.90 Å². The number of anilines is 1. The fourth-order valence-corrected chi connectivity index (χ4v) is 5.67. The van der Waals surface area contributed by atoms with E-state index in [0.717, 1.165) is 69.9 Å². The summed E-state index contributed by atoms with van der Waals surface area (Å²) in [6.07, 6.45) is 2.71. The van der Waals surface area contributed by atoms with Gasteiger partial charge in [0.25, 0.3) is 0 Å². The number of carbonyl (C=O) groups is 1. The van der Waals surface area contributed by atoms with Crippen molar-refractivity contribution in [2.45, 2.75) is 38.4 Å². The number of aromatic nitrogens is 3. The average Bonchev–Trinajstić information content (AvgIpc) is 3.29. The van der Waals surface area contributed by atoms with Gasteiger partial charge in [-0.2, -0.15) is 13.2 Å². The largest absolute Gasteiger partial charge is 0.451 e. The van der Waals surface area contributed by atoms with E-state index in [1.54, 1.807) is 17.2 Å².